The molecule has 7 nitrogen and oxygen atoms in total. The first kappa shape index (κ1) is 11.1. The summed E-state index contributed by atoms with van der Waals surface area (Å²) in [4.78, 5) is 28.6. The number of hydrogen-bond donors (Lipinski definition) is 3. The summed E-state index contributed by atoms with van der Waals surface area (Å²) in [5, 5.41) is 9.30. The van der Waals surface area contributed by atoms with E-state index in [-0.39, 0.29) is 11.3 Å². The average molecular weight is 233 g/mol. The minimum atomic E-state index is -0.421. The topological polar surface area (TPSA) is 104 Å². The molecule has 0 spiro atoms. The highest BCUT2D eigenvalue weighted by Crippen LogP contribution is 2.14. The fourth-order valence-corrected chi connectivity index (χ4v) is 1.24. The van der Waals surface area contributed by atoms with Gasteiger partial charge in [-0.1, -0.05) is 0 Å². The van der Waals surface area contributed by atoms with Crippen LogP contribution in [0.4, 0.5) is 5.82 Å². The van der Waals surface area contributed by atoms with Gasteiger partial charge in [0.25, 0.3) is 11.5 Å². The molecule has 0 aromatic carbocycles. The van der Waals surface area contributed by atoms with Crippen LogP contribution in [0.3, 0.4) is 0 Å². The molecule has 0 saturated carbocycles. The van der Waals surface area contributed by atoms with Crippen molar-refractivity contribution in [1.29, 1.82) is 0 Å². The van der Waals surface area contributed by atoms with E-state index in [9.17, 15) is 9.59 Å². The van der Waals surface area contributed by atoms with Crippen LogP contribution in [-0.4, -0.2) is 26.1 Å². The van der Waals surface area contributed by atoms with Gasteiger partial charge in [-0.3, -0.25) is 14.7 Å². The Bertz CT molecular complexity index is 593. The average Bonchev–Trinajstić information content (AvgIpc) is 2.62. The van der Waals surface area contributed by atoms with Gasteiger partial charge < -0.3 is 10.3 Å². The largest absolute Gasteiger partial charge is 0.325 e. The second-order valence-corrected chi connectivity index (χ2v) is 3.57. The van der Waals surface area contributed by atoms with Gasteiger partial charge in [-0.25, -0.2) is 4.98 Å². The Labute approximate surface area is 96.3 Å². The molecule has 0 fully saturated rings. The Morgan fingerprint density at radius 3 is 2.71 bits per heavy atom. The number of nitrogens with one attached hydrogen (secondary N) is 3. The van der Waals surface area contributed by atoms with Gasteiger partial charge in [-0.05, 0) is 13.8 Å². The van der Waals surface area contributed by atoms with Gasteiger partial charge >= 0.3 is 0 Å². The van der Waals surface area contributed by atoms with E-state index in [4.69, 9.17) is 0 Å². The molecule has 7 heteroatoms. The summed E-state index contributed by atoms with van der Waals surface area (Å²) in [5.74, 6) is 0.0383. The standard InChI is InChI=1S/C10H11N5O2/c1-5-6(2)14-15-9(5)13-10(17)7-3-12-8(16)4-11-7/h3-4H,1-2H3,(H,12,16)(H2,13,14,15,17). The Morgan fingerprint density at radius 2 is 2.18 bits per heavy atom. The van der Waals surface area contributed by atoms with Gasteiger partial charge in [-0.2, -0.15) is 5.10 Å². The highest BCUT2D eigenvalue weighted by Gasteiger charge is 2.12. The smallest absolute Gasteiger partial charge is 0.276 e. The number of hydrogen-bond acceptors (Lipinski definition) is 4. The zero-order valence-electron chi connectivity index (χ0n) is 9.37. The maximum atomic E-state index is 11.7. The lowest BCUT2D eigenvalue weighted by Crippen LogP contribution is -2.17. The molecule has 0 bridgehead atoms. The minimum Gasteiger partial charge on any atom is -0.325 e. The van der Waals surface area contributed by atoms with Crippen LogP contribution in [0.2, 0.25) is 0 Å². The summed E-state index contributed by atoms with van der Waals surface area (Å²) in [5.41, 5.74) is 1.52. The predicted octanol–water partition coefficient (Wildman–Crippen LogP) is 0.362. The lowest BCUT2D eigenvalue weighted by atomic mass is 10.3. The van der Waals surface area contributed by atoms with E-state index < -0.39 is 5.91 Å². The van der Waals surface area contributed by atoms with Crippen molar-refractivity contribution >= 4 is 11.7 Å². The van der Waals surface area contributed by atoms with Crippen LogP contribution in [0.15, 0.2) is 17.2 Å². The lowest BCUT2D eigenvalue weighted by Gasteiger charge is -2.01. The van der Waals surface area contributed by atoms with Crippen LogP contribution >= 0.6 is 0 Å². The molecule has 2 aromatic rings. The van der Waals surface area contributed by atoms with Crippen LogP contribution in [0.25, 0.3) is 0 Å². The SMILES string of the molecule is Cc1[nH]nc(NC(=O)c2c[nH]c(=O)cn2)c1C. The molecule has 0 aliphatic rings. The van der Waals surface area contributed by atoms with Crippen LogP contribution < -0.4 is 10.9 Å². The molecular weight excluding hydrogens is 222 g/mol. The normalized spacial score (nSPS) is 10.2. The monoisotopic (exact) mass is 233 g/mol. The summed E-state index contributed by atoms with van der Waals surface area (Å²) in [6.45, 7) is 3.70. The van der Waals surface area contributed by atoms with Gasteiger partial charge in [0.05, 0.1) is 6.20 Å². The number of carbonyl (C=O) groups is 1. The van der Waals surface area contributed by atoms with E-state index >= 15 is 0 Å². The van der Waals surface area contributed by atoms with Crippen molar-refractivity contribution in [2.45, 2.75) is 13.8 Å². The fraction of sp³-hybridized carbons (Fsp3) is 0.200. The summed E-state index contributed by atoms with van der Waals surface area (Å²) in [6, 6.07) is 0. The third kappa shape index (κ3) is 2.22. The maximum absolute atomic E-state index is 11.7. The lowest BCUT2D eigenvalue weighted by molar-refractivity contribution is 0.102. The number of amides is 1. The van der Waals surface area contributed by atoms with Gasteiger partial charge in [0.2, 0.25) is 0 Å². The highest BCUT2D eigenvalue weighted by atomic mass is 16.2. The van der Waals surface area contributed by atoms with Crippen molar-refractivity contribution in [3.05, 3.63) is 39.7 Å². The Balaban J connectivity index is 2.20. The van der Waals surface area contributed by atoms with E-state index in [1.54, 1.807) is 0 Å². The van der Waals surface area contributed by atoms with Gasteiger partial charge in [0.15, 0.2) is 5.82 Å². The molecule has 2 rings (SSSR count). The summed E-state index contributed by atoms with van der Waals surface area (Å²) in [7, 11) is 0. The quantitative estimate of drug-likeness (QED) is 0.696. The van der Waals surface area contributed by atoms with Crippen molar-refractivity contribution in [3.63, 3.8) is 0 Å². The Morgan fingerprint density at radius 1 is 1.41 bits per heavy atom. The molecule has 1 amide bonds. The van der Waals surface area contributed by atoms with Crippen molar-refractivity contribution in [1.82, 2.24) is 20.2 Å². The zero-order valence-corrected chi connectivity index (χ0v) is 9.37. The fourth-order valence-electron chi connectivity index (χ4n) is 1.24. The molecule has 17 heavy (non-hydrogen) atoms. The number of H-pyrrole nitrogens is 2. The first-order chi connectivity index (χ1) is 8.08. The Kier molecular flexibility index (Phi) is 2.73. The van der Waals surface area contributed by atoms with Gasteiger partial charge in [-0.15, -0.1) is 0 Å². The first-order valence-corrected chi connectivity index (χ1v) is 4.95. The van der Waals surface area contributed by atoms with E-state index in [0.717, 1.165) is 17.5 Å². The molecule has 0 aliphatic heterocycles. The molecule has 0 unspecified atom stereocenters. The number of rotatable bonds is 2. The maximum Gasteiger partial charge on any atom is 0.276 e. The second-order valence-electron chi connectivity index (χ2n) is 3.57. The number of anilines is 1. The summed E-state index contributed by atoms with van der Waals surface area (Å²) >= 11 is 0. The van der Waals surface area contributed by atoms with E-state index in [1.165, 1.54) is 6.20 Å². The molecule has 2 heterocycles. The molecule has 2 aromatic heterocycles. The third-order valence-electron chi connectivity index (χ3n) is 2.39. The van der Waals surface area contributed by atoms with Crippen molar-refractivity contribution < 1.29 is 4.79 Å². The van der Waals surface area contributed by atoms with Crippen molar-refractivity contribution in [2.24, 2.45) is 0 Å². The number of aromatic nitrogens is 4. The molecule has 0 atom stereocenters. The number of aryl methyl sites for hydroxylation is 1. The number of nitrogens with zero attached hydrogens (tertiary/aromatic N) is 2. The van der Waals surface area contributed by atoms with E-state index in [1.807, 2.05) is 13.8 Å². The second kappa shape index (κ2) is 4.20. The van der Waals surface area contributed by atoms with E-state index in [0.29, 0.717) is 5.82 Å². The summed E-state index contributed by atoms with van der Waals surface area (Å²) < 4.78 is 0. The minimum absolute atomic E-state index is 0.129. The predicted molar refractivity (Wildman–Crippen MR) is 60.9 cm³/mol. The van der Waals surface area contributed by atoms with Crippen LogP contribution in [0, 0.1) is 13.8 Å². The molecular formula is C10H11N5O2. The van der Waals surface area contributed by atoms with Gasteiger partial charge in [0.1, 0.15) is 5.69 Å². The molecule has 0 saturated heterocycles. The van der Waals surface area contributed by atoms with Crippen LogP contribution in [-0.2, 0) is 0 Å². The Hall–Kier alpha value is -2.44. The molecule has 3 N–H and O–H groups in total. The summed E-state index contributed by atoms with van der Waals surface area (Å²) in [6.07, 6.45) is 2.31. The van der Waals surface area contributed by atoms with Crippen molar-refractivity contribution in [2.75, 3.05) is 5.32 Å². The molecule has 0 radical (unpaired) electrons. The van der Waals surface area contributed by atoms with Crippen molar-refractivity contribution in [3.8, 4) is 0 Å². The third-order valence-corrected chi connectivity index (χ3v) is 2.39. The highest BCUT2D eigenvalue weighted by molar-refractivity contribution is 6.02. The van der Waals surface area contributed by atoms with Gasteiger partial charge in [0, 0.05) is 17.5 Å². The molecule has 88 valence electrons. The van der Waals surface area contributed by atoms with Crippen LogP contribution in [0.1, 0.15) is 21.7 Å². The number of carbonyl (C=O) groups excluding carboxylic acids is 1. The number of aromatic amines is 2. The van der Waals surface area contributed by atoms with E-state index in [2.05, 4.69) is 25.5 Å². The van der Waals surface area contributed by atoms with Crippen LogP contribution in [0.5, 0.6) is 0 Å². The molecule has 0 aliphatic carbocycles. The zero-order chi connectivity index (χ0) is 12.4. The first-order valence-electron chi connectivity index (χ1n) is 4.95.